The largest absolute Gasteiger partial charge is 0.390 e. The van der Waals surface area contributed by atoms with Gasteiger partial charge in [-0.15, -0.1) is 0 Å². The molecule has 0 bridgehead atoms. The van der Waals surface area contributed by atoms with Crippen LogP contribution in [0.15, 0.2) is 0 Å². The van der Waals surface area contributed by atoms with Gasteiger partial charge < -0.3 is 19.9 Å². The first kappa shape index (κ1) is 33.3. The van der Waals surface area contributed by atoms with Crippen LogP contribution in [0.25, 0.3) is 0 Å². The standard InChI is InChI=1S/C30H20N2O3S.Y/c1-4-5-6-7-8-9-10-11-12-13-14-15-16-17-18-19-20-21-22-23-31-30(36)32-27-24-26(25-34-2)28(33)29(27)35-3;/h26-29,33H,24-25H2,1-3H3,(H2,31,32,36);/t26-,27-,28?,29-;/m1./s1. The number of hydrogen-bond acceptors (Lipinski definition) is 4. The Hall–Kier alpha value is -3.73. The summed E-state index contributed by atoms with van der Waals surface area (Å²) in [7, 11) is 3.15. The fraction of sp³-hybridized carbons (Fsp3) is 0.300. The second-order valence-electron chi connectivity index (χ2n) is 6.47. The number of thiocarbonyl (C=S) groups is 1. The molecule has 7 heteroatoms. The number of ether oxygens (including phenoxy) is 2. The molecule has 0 spiro atoms. The number of aliphatic hydroxyl groups excluding tert-OH is 1. The first-order chi connectivity index (χ1) is 17.6. The molecule has 37 heavy (non-hydrogen) atoms. The maximum absolute atomic E-state index is 10.3. The third-order valence-electron chi connectivity index (χ3n) is 4.17. The van der Waals surface area contributed by atoms with Gasteiger partial charge in [0, 0.05) is 118 Å². The van der Waals surface area contributed by atoms with Crippen LogP contribution in [0.1, 0.15) is 13.3 Å². The first-order valence-corrected chi connectivity index (χ1v) is 10.7. The van der Waals surface area contributed by atoms with Gasteiger partial charge in [-0.2, -0.15) is 0 Å². The van der Waals surface area contributed by atoms with E-state index in [4.69, 9.17) is 21.7 Å². The molecule has 1 saturated carbocycles. The van der Waals surface area contributed by atoms with E-state index in [1.54, 1.807) is 21.1 Å². The van der Waals surface area contributed by atoms with Crippen LogP contribution >= 0.6 is 12.2 Å². The minimum atomic E-state index is -0.634. The molecule has 1 radical (unpaired) electrons. The Morgan fingerprint density at radius 1 is 0.784 bits per heavy atom. The predicted molar refractivity (Wildman–Crippen MR) is 143 cm³/mol. The van der Waals surface area contributed by atoms with Gasteiger partial charge in [-0.3, -0.25) is 5.32 Å². The minimum absolute atomic E-state index is 0. The van der Waals surface area contributed by atoms with E-state index in [2.05, 4.69) is 129 Å². The summed E-state index contributed by atoms with van der Waals surface area (Å²) < 4.78 is 10.5. The summed E-state index contributed by atoms with van der Waals surface area (Å²) in [5.41, 5.74) is 0. The van der Waals surface area contributed by atoms with E-state index in [1.165, 1.54) is 0 Å². The third kappa shape index (κ3) is 15.8. The van der Waals surface area contributed by atoms with Gasteiger partial charge in [0.15, 0.2) is 5.11 Å². The van der Waals surface area contributed by atoms with Crippen molar-refractivity contribution in [2.75, 3.05) is 20.8 Å². The van der Waals surface area contributed by atoms with Gasteiger partial charge in [0.2, 0.25) is 0 Å². The van der Waals surface area contributed by atoms with Crippen LogP contribution in [-0.4, -0.2) is 49.3 Å². The Labute approximate surface area is 250 Å². The van der Waals surface area contributed by atoms with Gasteiger partial charge in [-0.05, 0) is 72.9 Å². The molecular formula is C30H20N2O3SY. The fourth-order valence-electron chi connectivity index (χ4n) is 2.82. The summed E-state index contributed by atoms with van der Waals surface area (Å²) >= 11 is 5.22. The van der Waals surface area contributed by atoms with Crippen LogP contribution < -0.4 is 10.6 Å². The monoisotopic (exact) mass is 577 g/mol. The molecule has 1 aliphatic rings. The van der Waals surface area contributed by atoms with E-state index in [-0.39, 0.29) is 44.7 Å². The number of rotatable bonds is 4. The quantitative estimate of drug-likeness (QED) is 0.246. The molecule has 0 amide bonds. The predicted octanol–water partition coefficient (Wildman–Crippen LogP) is -0.130. The molecule has 1 fully saturated rings. The molecular weight excluding hydrogens is 557 g/mol. The average molecular weight is 577 g/mol. The Morgan fingerprint density at radius 3 is 1.62 bits per heavy atom. The van der Waals surface area contributed by atoms with Crippen LogP contribution in [0.2, 0.25) is 0 Å². The minimum Gasteiger partial charge on any atom is -0.390 e. The Morgan fingerprint density at radius 2 is 1.22 bits per heavy atom. The summed E-state index contributed by atoms with van der Waals surface area (Å²) in [5.74, 6) is 48.1. The first-order valence-electron chi connectivity index (χ1n) is 10.3. The van der Waals surface area contributed by atoms with E-state index < -0.39 is 12.2 Å². The average Bonchev–Trinajstić information content (AvgIpc) is 3.16. The van der Waals surface area contributed by atoms with Crippen molar-refractivity contribution in [3.8, 4) is 119 Å². The molecule has 1 aliphatic carbocycles. The SMILES string of the molecule is CC#CC#CC#CC#CC#CC#CC#CC#CC#CC#CNC(=S)N[C@@H]1C[C@H](COC)C(O)[C@@H]1OC.[Y]. The Balaban J connectivity index is 0.0000130. The topological polar surface area (TPSA) is 62.8 Å². The van der Waals surface area contributed by atoms with E-state index in [9.17, 15) is 5.11 Å². The van der Waals surface area contributed by atoms with Crippen molar-refractivity contribution in [2.45, 2.75) is 31.6 Å². The van der Waals surface area contributed by atoms with E-state index in [0.29, 0.717) is 18.1 Å². The van der Waals surface area contributed by atoms with Crippen LogP contribution in [0.4, 0.5) is 0 Å². The second kappa shape index (κ2) is 22.7. The smallest absolute Gasteiger partial charge is 0.178 e. The van der Waals surface area contributed by atoms with Crippen LogP contribution in [0, 0.1) is 124 Å². The number of methoxy groups -OCH3 is 2. The maximum atomic E-state index is 10.3. The molecule has 0 heterocycles. The van der Waals surface area contributed by atoms with Gasteiger partial charge in [-0.1, -0.05) is 5.92 Å². The third-order valence-corrected chi connectivity index (χ3v) is 4.39. The molecule has 177 valence electrons. The zero-order valence-electron chi connectivity index (χ0n) is 20.5. The van der Waals surface area contributed by atoms with Crippen molar-refractivity contribution in [3.05, 3.63) is 0 Å². The summed E-state index contributed by atoms with van der Waals surface area (Å²) in [4.78, 5) is 0. The molecule has 0 aromatic rings. The van der Waals surface area contributed by atoms with E-state index in [1.807, 2.05) is 0 Å². The Kier molecular flexibility index (Phi) is 20.4. The molecule has 4 atom stereocenters. The van der Waals surface area contributed by atoms with Gasteiger partial charge in [-0.25, -0.2) is 0 Å². The molecule has 1 rings (SSSR count). The van der Waals surface area contributed by atoms with Crippen molar-refractivity contribution in [2.24, 2.45) is 5.92 Å². The number of hydrogen-bond donors (Lipinski definition) is 3. The van der Waals surface area contributed by atoms with Crippen molar-refractivity contribution in [1.82, 2.24) is 10.6 Å². The summed E-state index contributed by atoms with van der Waals surface area (Å²) in [5, 5.41) is 16.4. The number of aliphatic hydroxyl groups is 1. The second-order valence-corrected chi connectivity index (χ2v) is 6.88. The molecule has 0 aromatic heterocycles. The van der Waals surface area contributed by atoms with Gasteiger partial charge in [0.25, 0.3) is 0 Å². The summed E-state index contributed by atoms with van der Waals surface area (Å²) in [6, 6.07) is 2.46. The number of nitrogens with one attached hydrogen (secondary N) is 2. The molecule has 0 aromatic carbocycles. The fourth-order valence-corrected chi connectivity index (χ4v) is 3.02. The van der Waals surface area contributed by atoms with Crippen LogP contribution in [0.5, 0.6) is 0 Å². The van der Waals surface area contributed by atoms with Crippen molar-refractivity contribution < 1.29 is 47.3 Å². The molecule has 3 N–H and O–H groups in total. The van der Waals surface area contributed by atoms with Crippen molar-refractivity contribution >= 4 is 17.3 Å². The van der Waals surface area contributed by atoms with Crippen molar-refractivity contribution in [1.29, 1.82) is 0 Å². The van der Waals surface area contributed by atoms with E-state index >= 15 is 0 Å². The normalized spacial score (nSPS) is 16.8. The van der Waals surface area contributed by atoms with Crippen LogP contribution in [-0.2, 0) is 42.2 Å². The van der Waals surface area contributed by atoms with E-state index in [0.717, 1.165) is 0 Å². The zero-order valence-corrected chi connectivity index (χ0v) is 24.1. The van der Waals surface area contributed by atoms with Gasteiger partial charge in [0.1, 0.15) is 6.10 Å². The zero-order chi connectivity index (χ0) is 26.3. The van der Waals surface area contributed by atoms with Crippen molar-refractivity contribution in [3.63, 3.8) is 0 Å². The summed E-state index contributed by atoms with van der Waals surface area (Å²) in [6.45, 7) is 2.14. The van der Waals surface area contributed by atoms with Gasteiger partial charge >= 0.3 is 0 Å². The molecule has 0 saturated heterocycles. The Bertz CT molecular complexity index is 1450. The maximum Gasteiger partial charge on any atom is 0.178 e. The van der Waals surface area contributed by atoms with Crippen LogP contribution in [0.3, 0.4) is 0 Å². The summed E-state index contributed by atoms with van der Waals surface area (Å²) in [6.07, 6.45) is -0.369. The van der Waals surface area contributed by atoms with Gasteiger partial charge in [0.05, 0.1) is 18.8 Å². The molecule has 5 nitrogen and oxygen atoms in total. The molecule has 0 aliphatic heterocycles. The molecule has 1 unspecified atom stereocenters.